The first kappa shape index (κ1) is 9.36. The van der Waals surface area contributed by atoms with Gasteiger partial charge in [0, 0.05) is 0 Å². The van der Waals surface area contributed by atoms with Gasteiger partial charge in [-0.25, -0.2) is 4.79 Å². The molecule has 1 aromatic heterocycles. The highest BCUT2D eigenvalue weighted by molar-refractivity contribution is 5.87. The zero-order valence-electron chi connectivity index (χ0n) is 6.13. The highest BCUT2D eigenvalue weighted by Crippen LogP contribution is 2.37. The highest BCUT2D eigenvalue weighted by atomic mass is 16.5. The van der Waals surface area contributed by atoms with Crippen LogP contribution in [-0.2, 0) is 0 Å². The van der Waals surface area contributed by atoms with Gasteiger partial charge in [0.1, 0.15) is 5.56 Å². The molecule has 0 bridgehead atoms. The molecule has 0 fully saturated rings. The van der Waals surface area contributed by atoms with E-state index in [9.17, 15) is 4.79 Å². The molecule has 1 aromatic rings. The van der Waals surface area contributed by atoms with Crippen molar-refractivity contribution in [1.29, 1.82) is 0 Å². The second kappa shape index (κ2) is 2.96. The number of aliphatic hydroxyl groups excluding tert-OH is 1. The number of furan rings is 1. The van der Waals surface area contributed by atoms with E-state index in [1.54, 1.807) is 0 Å². The summed E-state index contributed by atoms with van der Waals surface area (Å²) in [7, 11) is 0. The molecule has 1 heterocycles. The van der Waals surface area contributed by atoms with E-state index in [2.05, 4.69) is 4.42 Å². The molecule has 5 N–H and O–H groups in total. The quantitative estimate of drug-likeness (QED) is 0.392. The van der Waals surface area contributed by atoms with Crippen molar-refractivity contribution in [3.05, 3.63) is 11.3 Å². The first-order valence-electron chi connectivity index (χ1n) is 3.09. The van der Waals surface area contributed by atoms with Crippen LogP contribution in [0.5, 0.6) is 11.7 Å². The van der Waals surface area contributed by atoms with Gasteiger partial charge in [-0.05, 0) is 0 Å². The lowest BCUT2D eigenvalue weighted by Gasteiger charge is -2.00. The van der Waals surface area contributed by atoms with Crippen LogP contribution in [0.1, 0.15) is 22.4 Å². The molecule has 7 nitrogen and oxygen atoms in total. The first-order chi connectivity index (χ1) is 5.95. The third-order valence-electron chi connectivity index (χ3n) is 1.35. The van der Waals surface area contributed by atoms with Crippen molar-refractivity contribution < 1.29 is 34.7 Å². The molecule has 0 amide bonds. The molecule has 0 unspecified atom stereocenters. The van der Waals surface area contributed by atoms with Crippen molar-refractivity contribution in [3.8, 4) is 11.7 Å². The van der Waals surface area contributed by atoms with E-state index in [-0.39, 0.29) is 0 Å². The summed E-state index contributed by atoms with van der Waals surface area (Å²) in [5, 5.41) is 43.3. The number of rotatable bonds is 2. The van der Waals surface area contributed by atoms with Gasteiger partial charge in [-0.2, -0.15) is 0 Å². The number of aromatic hydroxyl groups is 2. The highest BCUT2D eigenvalue weighted by Gasteiger charge is 2.28. The lowest BCUT2D eigenvalue weighted by atomic mass is 10.2. The van der Waals surface area contributed by atoms with Gasteiger partial charge in [0.15, 0.2) is 6.29 Å². The van der Waals surface area contributed by atoms with Crippen molar-refractivity contribution >= 4 is 5.97 Å². The zero-order chi connectivity index (χ0) is 10.2. The standard InChI is InChI=1S/C6H6O7/c7-2-1(4(8)9)3(5(10)11)13-6(2)12/h4,7-9,12H,(H,10,11). The average Bonchev–Trinajstić information content (AvgIpc) is 2.28. The monoisotopic (exact) mass is 190 g/mol. The topological polar surface area (TPSA) is 131 Å². The molecule has 0 aliphatic rings. The fourth-order valence-corrected chi connectivity index (χ4v) is 0.821. The van der Waals surface area contributed by atoms with Gasteiger partial charge in [-0.1, -0.05) is 0 Å². The molecule has 0 atom stereocenters. The normalized spacial score (nSPS) is 10.7. The third-order valence-corrected chi connectivity index (χ3v) is 1.35. The number of aromatic carboxylic acids is 1. The maximum atomic E-state index is 10.4. The average molecular weight is 190 g/mol. The Morgan fingerprint density at radius 2 is 1.85 bits per heavy atom. The second-order valence-electron chi connectivity index (χ2n) is 2.18. The Morgan fingerprint density at radius 3 is 2.15 bits per heavy atom. The van der Waals surface area contributed by atoms with Gasteiger partial charge in [0.2, 0.25) is 11.5 Å². The molecule has 0 spiro atoms. The Hall–Kier alpha value is -1.73. The van der Waals surface area contributed by atoms with E-state index in [0.717, 1.165) is 0 Å². The number of carboxylic acid groups (broad SMARTS) is 1. The molecule has 0 aromatic carbocycles. The number of carboxylic acids is 1. The van der Waals surface area contributed by atoms with Crippen molar-refractivity contribution in [3.63, 3.8) is 0 Å². The molecule has 7 heteroatoms. The van der Waals surface area contributed by atoms with Crippen LogP contribution in [0.2, 0.25) is 0 Å². The van der Waals surface area contributed by atoms with Gasteiger partial charge < -0.3 is 29.9 Å². The van der Waals surface area contributed by atoms with E-state index in [0.29, 0.717) is 0 Å². The van der Waals surface area contributed by atoms with E-state index in [1.807, 2.05) is 0 Å². The summed E-state index contributed by atoms with van der Waals surface area (Å²) < 4.78 is 4.15. The maximum absolute atomic E-state index is 10.4. The Balaban J connectivity index is 3.35. The summed E-state index contributed by atoms with van der Waals surface area (Å²) >= 11 is 0. The van der Waals surface area contributed by atoms with Crippen LogP contribution in [0, 0.1) is 0 Å². The molecule has 72 valence electrons. The molecular formula is C6H6O7. The van der Waals surface area contributed by atoms with E-state index in [1.165, 1.54) is 0 Å². The number of aliphatic hydroxyl groups is 2. The smallest absolute Gasteiger partial charge is 0.372 e. The SMILES string of the molecule is O=C(O)c1oc(O)c(O)c1C(O)O. The van der Waals surface area contributed by atoms with E-state index >= 15 is 0 Å². The second-order valence-corrected chi connectivity index (χ2v) is 2.18. The number of carbonyl (C=O) groups is 1. The summed E-state index contributed by atoms with van der Waals surface area (Å²) in [6.07, 6.45) is -2.23. The van der Waals surface area contributed by atoms with Crippen LogP contribution in [0.25, 0.3) is 0 Å². The van der Waals surface area contributed by atoms with Gasteiger partial charge in [0.25, 0.3) is 0 Å². The van der Waals surface area contributed by atoms with Crippen LogP contribution in [0.4, 0.5) is 0 Å². The molecule has 0 aliphatic heterocycles. The van der Waals surface area contributed by atoms with Gasteiger partial charge in [0.05, 0.1) is 0 Å². The van der Waals surface area contributed by atoms with E-state index < -0.39 is 35.3 Å². The summed E-state index contributed by atoms with van der Waals surface area (Å²) in [6.45, 7) is 0. The van der Waals surface area contributed by atoms with Crippen molar-refractivity contribution in [2.24, 2.45) is 0 Å². The fourth-order valence-electron chi connectivity index (χ4n) is 0.821. The molecule has 0 aliphatic carbocycles. The zero-order valence-corrected chi connectivity index (χ0v) is 6.13. The fraction of sp³-hybridized carbons (Fsp3) is 0.167. The Labute approximate surface area is 71.1 Å². The van der Waals surface area contributed by atoms with Crippen LogP contribution in [0.3, 0.4) is 0 Å². The Kier molecular flexibility index (Phi) is 2.13. The van der Waals surface area contributed by atoms with Crippen molar-refractivity contribution in [2.45, 2.75) is 6.29 Å². The van der Waals surface area contributed by atoms with Crippen molar-refractivity contribution in [1.82, 2.24) is 0 Å². The van der Waals surface area contributed by atoms with Gasteiger partial charge >= 0.3 is 11.9 Å². The summed E-state index contributed by atoms with van der Waals surface area (Å²) in [6, 6.07) is 0. The minimum atomic E-state index is -2.23. The first-order valence-corrected chi connectivity index (χ1v) is 3.09. The van der Waals surface area contributed by atoms with Gasteiger partial charge in [-0.15, -0.1) is 0 Å². The molecule has 1 rings (SSSR count). The molecule has 0 saturated carbocycles. The van der Waals surface area contributed by atoms with Crippen LogP contribution in [-0.4, -0.2) is 31.5 Å². The van der Waals surface area contributed by atoms with Gasteiger partial charge in [-0.3, -0.25) is 0 Å². The Bertz CT molecular complexity index is 337. The Morgan fingerprint density at radius 1 is 1.31 bits per heavy atom. The summed E-state index contributed by atoms with van der Waals surface area (Å²) in [4.78, 5) is 10.4. The molecular weight excluding hydrogens is 184 g/mol. The molecule has 0 radical (unpaired) electrons. The van der Waals surface area contributed by atoms with Crippen LogP contribution < -0.4 is 0 Å². The predicted molar refractivity (Wildman–Crippen MR) is 36.2 cm³/mol. The number of hydrogen-bond acceptors (Lipinski definition) is 6. The minimum absolute atomic E-state index is 0.773. The number of hydrogen-bond donors (Lipinski definition) is 5. The van der Waals surface area contributed by atoms with Crippen molar-refractivity contribution in [2.75, 3.05) is 0 Å². The van der Waals surface area contributed by atoms with E-state index in [4.69, 9.17) is 25.5 Å². The third kappa shape index (κ3) is 1.42. The molecule has 13 heavy (non-hydrogen) atoms. The van der Waals surface area contributed by atoms with Crippen LogP contribution >= 0.6 is 0 Å². The largest absolute Gasteiger partial charge is 0.502 e. The van der Waals surface area contributed by atoms with Crippen LogP contribution in [0.15, 0.2) is 4.42 Å². The maximum Gasteiger partial charge on any atom is 0.372 e. The lowest BCUT2D eigenvalue weighted by Crippen LogP contribution is -2.03. The lowest BCUT2D eigenvalue weighted by molar-refractivity contribution is -0.0451. The minimum Gasteiger partial charge on any atom is -0.502 e. The molecule has 0 saturated heterocycles. The summed E-state index contributed by atoms with van der Waals surface area (Å²) in [5.74, 6) is -4.60. The summed E-state index contributed by atoms with van der Waals surface area (Å²) in [5.41, 5.74) is -0.773. The predicted octanol–water partition coefficient (Wildman–Crippen LogP) is -0.628.